The summed E-state index contributed by atoms with van der Waals surface area (Å²) in [6, 6.07) is 1.90. The van der Waals surface area contributed by atoms with Gasteiger partial charge in [0.2, 0.25) is 5.91 Å². The Balaban J connectivity index is 3.37. The highest BCUT2D eigenvalue weighted by Crippen LogP contribution is 1.93. The molecule has 0 aliphatic carbocycles. The topological polar surface area (TPSA) is 56.1 Å². The van der Waals surface area contributed by atoms with E-state index in [1.165, 1.54) is 0 Å². The highest BCUT2D eigenvalue weighted by Gasteiger charge is 2.09. The van der Waals surface area contributed by atoms with Gasteiger partial charge in [-0.1, -0.05) is 0 Å². The number of hydrogen-bond acceptors (Lipinski definition) is 3. The first-order chi connectivity index (χ1) is 6.57. The Hall–Kier alpha value is -1.08. The molecule has 0 heterocycles. The van der Waals surface area contributed by atoms with Crippen molar-refractivity contribution in [1.82, 2.24) is 10.2 Å². The highest BCUT2D eigenvalue weighted by atomic mass is 16.1. The first-order valence-electron chi connectivity index (χ1n) is 4.90. The van der Waals surface area contributed by atoms with Gasteiger partial charge in [0, 0.05) is 6.54 Å². The summed E-state index contributed by atoms with van der Waals surface area (Å²) in [5, 5.41) is 11.2. The van der Waals surface area contributed by atoms with Gasteiger partial charge in [-0.05, 0) is 40.4 Å². The third-order valence-corrected chi connectivity index (χ3v) is 1.92. The van der Waals surface area contributed by atoms with Crippen molar-refractivity contribution in [3.63, 3.8) is 0 Å². The van der Waals surface area contributed by atoms with E-state index in [4.69, 9.17) is 5.26 Å². The van der Waals surface area contributed by atoms with Gasteiger partial charge in [0.25, 0.3) is 0 Å². The molecule has 0 saturated heterocycles. The van der Waals surface area contributed by atoms with Crippen molar-refractivity contribution in [2.45, 2.75) is 19.8 Å². The molecule has 1 amide bonds. The molecule has 0 aliphatic rings. The third-order valence-electron chi connectivity index (χ3n) is 1.92. The summed E-state index contributed by atoms with van der Waals surface area (Å²) < 4.78 is 0. The molecule has 80 valence electrons. The molecule has 4 heteroatoms. The van der Waals surface area contributed by atoms with E-state index < -0.39 is 5.92 Å². The number of carbonyl (C=O) groups excluding carboxylic acids is 1. The van der Waals surface area contributed by atoms with Crippen molar-refractivity contribution in [3.8, 4) is 6.07 Å². The van der Waals surface area contributed by atoms with Gasteiger partial charge in [-0.2, -0.15) is 5.26 Å². The van der Waals surface area contributed by atoms with E-state index in [2.05, 4.69) is 10.2 Å². The normalized spacial score (nSPS) is 12.2. The van der Waals surface area contributed by atoms with Crippen LogP contribution in [0.1, 0.15) is 19.8 Å². The molecule has 0 rings (SSSR count). The molecular formula is C10H19N3O. The number of nitrogens with one attached hydrogen (secondary N) is 1. The molecule has 0 aromatic rings. The van der Waals surface area contributed by atoms with Crippen molar-refractivity contribution >= 4 is 5.91 Å². The zero-order valence-electron chi connectivity index (χ0n) is 9.21. The molecule has 0 aromatic carbocycles. The summed E-state index contributed by atoms with van der Waals surface area (Å²) in [4.78, 5) is 13.2. The molecule has 14 heavy (non-hydrogen) atoms. The van der Waals surface area contributed by atoms with Crippen LogP contribution in [-0.2, 0) is 4.79 Å². The van der Waals surface area contributed by atoms with Crippen LogP contribution in [0.3, 0.4) is 0 Å². The maximum atomic E-state index is 11.1. The number of unbranched alkanes of at least 4 members (excludes halogenated alkanes) is 1. The fraction of sp³-hybridized carbons (Fsp3) is 0.800. The van der Waals surface area contributed by atoms with E-state index >= 15 is 0 Å². The predicted octanol–water partition coefficient (Wildman–Crippen LogP) is 0.604. The summed E-state index contributed by atoms with van der Waals surface area (Å²) in [7, 11) is 4.05. The van der Waals surface area contributed by atoms with E-state index in [0.29, 0.717) is 6.54 Å². The van der Waals surface area contributed by atoms with Crippen LogP contribution in [0.4, 0.5) is 0 Å². The average Bonchev–Trinajstić information content (AvgIpc) is 2.15. The molecule has 4 nitrogen and oxygen atoms in total. The smallest absolute Gasteiger partial charge is 0.237 e. The lowest BCUT2D eigenvalue weighted by Gasteiger charge is -2.09. The van der Waals surface area contributed by atoms with Gasteiger partial charge < -0.3 is 10.2 Å². The van der Waals surface area contributed by atoms with Gasteiger partial charge in [0.1, 0.15) is 5.92 Å². The Morgan fingerprint density at radius 1 is 1.50 bits per heavy atom. The molecular weight excluding hydrogens is 178 g/mol. The number of carbonyl (C=O) groups is 1. The molecule has 0 spiro atoms. The molecule has 0 fully saturated rings. The first-order valence-corrected chi connectivity index (χ1v) is 4.90. The van der Waals surface area contributed by atoms with Crippen LogP contribution in [0.25, 0.3) is 0 Å². The summed E-state index contributed by atoms with van der Waals surface area (Å²) in [6.45, 7) is 3.30. The quantitative estimate of drug-likeness (QED) is 0.634. The van der Waals surface area contributed by atoms with E-state index in [-0.39, 0.29) is 5.91 Å². The van der Waals surface area contributed by atoms with E-state index in [9.17, 15) is 4.79 Å². The third kappa shape index (κ3) is 6.44. The van der Waals surface area contributed by atoms with Crippen molar-refractivity contribution in [2.24, 2.45) is 5.92 Å². The van der Waals surface area contributed by atoms with Crippen LogP contribution in [0.2, 0.25) is 0 Å². The Bertz CT molecular complexity index is 208. The van der Waals surface area contributed by atoms with E-state index in [1.807, 2.05) is 20.2 Å². The molecule has 0 saturated carbocycles. The van der Waals surface area contributed by atoms with Gasteiger partial charge in [0.15, 0.2) is 0 Å². The number of rotatable bonds is 6. The number of nitrogens with zero attached hydrogens (tertiary/aromatic N) is 2. The lowest BCUT2D eigenvalue weighted by atomic mass is 10.2. The van der Waals surface area contributed by atoms with Crippen molar-refractivity contribution in [1.29, 1.82) is 5.26 Å². The Morgan fingerprint density at radius 3 is 2.64 bits per heavy atom. The second-order valence-electron chi connectivity index (χ2n) is 3.65. The maximum absolute atomic E-state index is 11.1. The largest absolute Gasteiger partial charge is 0.355 e. The summed E-state index contributed by atoms with van der Waals surface area (Å²) >= 11 is 0. The fourth-order valence-electron chi connectivity index (χ4n) is 0.976. The van der Waals surface area contributed by atoms with Crippen molar-refractivity contribution < 1.29 is 4.79 Å². The number of amides is 1. The number of hydrogen-bond donors (Lipinski definition) is 1. The van der Waals surface area contributed by atoms with Gasteiger partial charge in [-0.15, -0.1) is 0 Å². The zero-order valence-corrected chi connectivity index (χ0v) is 9.21. The molecule has 1 atom stereocenters. The van der Waals surface area contributed by atoms with Crippen molar-refractivity contribution in [2.75, 3.05) is 27.2 Å². The van der Waals surface area contributed by atoms with Crippen LogP contribution in [0.5, 0.6) is 0 Å². The summed E-state index contributed by atoms with van der Waals surface area (Å²) in [5.74, 6) is -0.707. The summed E-state index contributed by atoms with van der Waals surface area (Å²) in [5.41, 5.74) is 0. The molecule has 0 radical (unpaired) electrons. The number of nitriles is 1. The van der Waals surface area contributed by atoms with Gasteiger partial charge in [-0.3, -0.25) is 4.79 Å². The second kappa shape index (κ2) is 7.34. The lowest BCUT2D eigenvalue weighted by Crippen LogP contribution is -2.29. The fourth-order valence-corrected chi connectivity index (χ4v) is 0.976. The molecule has 0 aliphatic heterocycles. The minimum absolute atomic E-state index is 0.169. The van der Waals surface area contributed by atoms with Crippen LogP contribution < -0.4 is 5.32 Å². The Morgan fingerprint density at radius 2 is 2.14 bits per heavy atom. The lowest BCUT2D eigenvalue weighted by molar-refractivity contribution is -0.122. The van der Waals surface area contributed by atoms with Crippen LogP contribution >= 0.6 is 0 Å². The first kappa shape index (κ1) is 12.9. The minimum atomic E-state index is -0.538. The molecule has 0 bridgehead atoms. The summed E-state index contributed by atoms with van der Waals surface area (Å²) in [6.07, 6.45) is 2.02. The zero-order chi connectivity index (χ0) is 11.0. The van der Waals surface area contributed by atoms with Gasteiger partial charge in [0.05, 0.1) is 6.07 Å². The van der Waals surface area contributed by atoms with Crippen LogP contribution in [0, 0.1) is 17.2 Å². The Kier molecular flexibility index (Phi) is 6.77. The van der Waals surface area contributed by atoms with Gasteiger partial charge >= 0.3 is 0 Å². The van der Waals surface area contributed by atoms with E-state index in [0.717, 1.165) is 19.4 Å². The average molecular weight is 197 g/mol. The standard InChI is InChI=1S/C10H19N3O/c1-9(8-11)10(14)12-6-4-5-7-13(2)3/h9H,4-7H2,1-3H3,(H,12,14). The van der Waals surface area contributed by atoms with Crippen molar-refractivity contribution in [3.05, 3.63) is 0 Å². The highest BCUT2D eigenvalue weighted by molar-refractivity contribution is 5.80. The Labute approximate surface area is 85.9 Å². The van der Waals surface area contributed by atoms with Crippen LogP contribution in [0.15, 0.2) is 0 Å². The minimum Gasteiger partial charge on any atom is -0.355 e. The predicted molar refractivity (Wildman–Crippen MR) is 55.6 cm³/mol. The molecule has 1 N–H and O–H groups in total. The van der Waals surface area contributed by atoms with Crippen LogP contribution in [-0.4, -0.2) is 38.0 Å². The second-order valence-corrected chi connectivity index (χ2v) is 3.65. The SMILES string of the molecule is CC(C#N)C(=O)NCCCCN(C)C. The maximum Gasteiger partial charge on any atom is 0.237 e. The van der Waals surface area contributed by atoms with E-state index in [1.54, 1.807) is 6.92 Å². The monoisotopic (exact) mass is 197 g/mol. The molecule has 1 unspecified atom stereocenters. The molecule has 0 aromatic heterocycles. The van der Waals surface area contributed by atoms with Gasteiger partial charge in [-0.25, -0.2) is 0 Å².